The van der Waals surface area contributed by atoms with E-state index in [4.69, 9.17) is 4.74 Å². The summed E-state index contributed by atoms with van der Waals surface area (Å²) in [6.45, 7) is 1.81. The predicted molar refractivity (Wildman–Crippen MR) is 100 cm³/mol. The normalized spacial score (nSPS) is 10.9. The minimum absolute atomic E-state index is 0.149. The fourth-order valence-corrected chi connectivity index (χ4v) is 2.97. The number of aromatic amines is 1. The summed E-state index contributed by atoms with van der Waals surface area (Å²) in [4.78, 5) is 31.9. The van der Waals surface area contributed by atoms with Crippen molar-refractivity contribution in [3.05, 3.63) is 76.7 Å². The molecule has 1 aromatic carbocycles. The molecule has 0 radical (unpaired) electrons. The summed E-state index contributed by atoms with van der Waals surface area (Å²) in [5.41, 5.74) is 2.16. The number of carbonyl (C=O) groups is 1. The molecule has 1 N–H and O–H groups in total. The molecule has 3 aromatic heterocycles. The van der Waals surface area contributed by atoms with Crippen LogP contribution in [-0.4, -0.2) is 32.2 Å². The highest BCUT2D eigenvalue weighted by atomic mass is 19.1. The fourth-order valence-electron chi connectivity index (χ4n) is 2.97. The minimum Gasteiger partial charge on any atom is -0.462 e. The highest BCUT2D eigenvalue weighted by Gasteiger charge is 2.22. The molecule has 0 spiro atoms. The molecule has 0 fully saturated rings. The third-order valence-electron chi connectivity index (χ3n) is 4.24. The molecule has 0 aliphatic carbocycles. The number of carbonyl (C=O) groups excluding carboxylic acids is 1. The van der Waals surface area contributed by atoms with Crippen LogP contribution >= 0.6 is 0 Å². The third kappa shape index (κ3) is 2.94. The van der Waals surface area contributed by atoms with Crippen LogP contribution in [0.5, 0.6) is 0 Å². The zero-order chi connectivity index (χ0) is 19.7. The van der Waals surface area contributed by atoms with Gasteiger partial charge in [-0.05, 0) is 48.9 Å². The molecular weight excluding hydrogens is 363 g/mol. The van der Waals surface area contributed by atoms with Crippen molar-refractivity contribution < 1.29 is 13.9 Å². The van der Waals surface area contributed by atoms with Gasteiger partial charge in [-0.1, -0.05) is 0 Å². The largest absolute Gasteiger partial charge is 0.462 e. The Hall–Kier alpha value is -3.81. The van der Waals surface area contributed by atoms with Crippen LogP contribution in [0, 0.1) is 5.82 Å². The number of halogens is 1. The first kappa shape index (κ1) is 17.6. The Balaban J connectivity index is 2.02. The number of fused-ring (bicyclic) bond motifs is 1. The van der Waals surface area contributed by atoms with Gasteiger partial charge in [-0.2, -0.15) is 9.61 Å². The van der Waals surface area contributed by atoms with Gasteiger partial charge in [0.2, 0.25) is 0 Å². The number of benzene rings is 1. The minimum atomic E-state index is -0.727. The van der Waals surface area contributed by atoms with Gasteiger partial charge in [0.25, 0.3) is 5.56 Å². The summed E-state index contributed by atoms with van der Waals surface area (Å²) < 4.78 is 19.4. The smallest absolute Gasteiger partial charge is 0.345 e. The predicted octanol–water partition coefficient (Wildman–Crippen LogP) is 3.07. The molecule has 7 nitrogen and oxygen atoms in total. The molecule has 4 rings (SSSR count). The molecule has 0 aliphatic rings. The van der Waals surface area contributed by atoms with Crippen molar-refractivity contribution >= 4 is 11.6 Å². The maximum absolute atomic E-state index is 13.4. The lowest BCUT2D eigenvalue weighted by Gasteiger charge is -2.04. The first-order valence-corrected chi connectivity index (χ1v) is 8.58. The second-order valence-electron chi connectivity index (χ2n) is 5.95. The summed E-state index contributed by atoms with van der Waals surface area (Å²) in [5.74, 6) is -1.10. The van der Waals surface area contributed by atoms with E-state index in [1.165, 1.54) is 18.3 Å². The monoisotopic (exact) mass is 378 g/mol. The van der Waals surface area contributed by atoms with Gasteiger partial charge in [-0.25, -0.2) is 9.18 Å². The SMILES string of the molecule is CCOC(=O)c1c[nH]c2c(-c3ccncc3)c(-c3ccc(F)cc3)nn2c1=O. The van der Waals surface area contributed by atoms with Crippen LogP contribution < -0.4 is 5.56 Å². The summed E-state index contributed by atoms with van der Waals surface area (Å²) >= 11 is 0. The number of pyridine rings is 1. The molecule has 28 heavy (non-hydrogen) atoms. The van der Waals surface area contributed by atoms with E-state index in [1.54, 1.807) is 43.6 Å². The number of rotatable bonds is 4. The highest BCUT2D eigenvalue weighted by molar-refractivity contribution is 5.92. The Kier molecular flexibility index (Phi) is 4.44. The summed E-state index contributed by atoms with van der Waals surface area (Å²) in [6, 6.07) is 9.36. The molecule has 8 heteroatoms. The zero-order valence-corrected chi connectivity index (χ0v) is 14.8. The number of nitrogens with one attached hydrogen (secondary N) is 1. The van der Waals surface area contributed by atoms with Crippen LogP contribution in [0.15, 0.2) is 59.8 Å². The van der Waals surface area contributed by atoms with Crippen molar-refractivity contribution in [3.63, 3.8) is 0 Å². The van der Waals surface area contributed by atoms with E-state index in [0.717, 1.165) is 10.1 Å². The van der Waals surface area contributed by atoms with Crippen molar-refractivity contribution in [2.75, 3.05) is 6.61 Å². The average Bonchev–Trinajstić information content (AvgIpc) is 3.10. The van der Waals surface area contributed by atoms with Crippen LogP contribution in [-0.2, 0) is 4.74 Å². The van der Waals surface area contributed by atoms with Crippen LogP contribution in [0.4, 0.5) is 4.39 Å². The maximum atomic E-state index is 13.4. The van der Waals surface area contributed by atoms with Gasteiger partial charge >= 0.3 is 5.97 Å². The third-order valence-corrected chi connectivity index (χ3v) is 4.24. The van der Waals surface area contributed by atoms with E-state index >= 15 is 0 Å². The number of ether oxygens (including phenoxy) is 1. The summed E-state index contributed by atoms with van der Waals surface area (Å²) in [6.07, 6.45) is 4.56. The lowest BCUT2D eigenvalue weighted by molar-refractivity contribution is 0.0523. The van der Waals surface area contributed by atoms with Crippen molar-refractivity contribution in [2.24, 2.45) is 0 Å². The lowest BCUT2D eigenvalue weighted by atomic mass is 10.0. The van der Waals surface area contributed by atoms with Crippen LogP contribution in [0.25, 0.3) is 28.0 Å². The second kappa shape index (κ2) is 7.07. The van der Waals surface area contributed by atoms with E-state index in [-0.39, 0.29) is 18.0 Å². The van der Waals surface area contributed by atoms with E-state index in [0.29, 0.717) is 22.5 Å². The van der Waals surface area contributed by atoms with E-state index in [2.05, 4.69) is 15.1 Å². The van der Waals surface area contributed by atoms with Gasteiger partial charge in [0.15, 0.2) is 0 Å². The topological polar surface area (TPSA) is 89.3 Å². The molecule has 140 valence electrons. The molecule has 0 saturated carbocycles. The molecule has 0 amide bonds. The van der Waals surface area contributed by atoms with Gasteiger partial charge < -0.3 is 9.72 Å². The van der Waals surface area contributed by atoms with Crippen LogP contribution in [0.2, 0.25) is 0 Å². The Morgan fingerprint density at radius 1 is 1.14 bits per heavy atom. The molecule has 0 atom stereocenters. The van der Waals surface area contributed by atoms with Gasteiger partial charge in [0.1, 0.15) is 22.7 Å². The Labute approximate surface area is 158 Å². The van der Waals surface area contributed by atoms with Gasteiger partial charge in [-0.15, -0.1) is 0 Å². The molecule has 4 aromatic rings. The standard InChI is InChI=1S/C20H15FN4O3/c1-2-28-20(27)15-11-23-18-16(12-7-9-22-10-8-12)17(24-25(18)19(15)26)13-3-5-14(21)6-4-13/h3-11,23H,2H2,1H3. The number of H-pyrrole nitrogens is 1. The van der Waals surface area contributed by atoms with Crippen molar-refractivity contribution in [3.8, 4) is 22.4 Å². The first-order chi connectivity index (χ1) is 13.6. The average molecular weight is 378 g/mol. The first-order valence-electron chi connectivity index (χ1n) is 8.58. The number of hydrogen-bond donors (Lipinski definition) is 1. The number of hydrogen-bond acceptors (Lipinski definition) is 5. The molecule has 0 unspecified atom stereocenters. The Morgan fingerprint density at radius 3 is 2.54 bits per heavy atom. The second-order valence-corrected chi connectivity index (χ2v) is 5.95. The Morgan fingerprint density at radius 2 is 1.86 bits per heavy atom. The maximum Gasteiger partial charge on any atom is 0.345 e. The van der Waals surface area contributed by atoms with Crippen molar-refractivity contribution in [1.29, 1.82) is 0 Å². The van der Waals surface area contributed by atoms with Gasteiger partial charge in [-0.3, -0.25) is 9.78 Å². The van der Waals surface area contributed by atoms with Gasteiger partial charge in [0, 0.05) is 24.2 Å². The quantitative estimate of drug-likeness (QED) is 0.551. The lowest BCUT2D eigenvalue weighted by Crippen LogP contribution is -2.24. The van der Waals surface area contributed by atoms with Crippen molar-refractivity contribution in [2.45, 2.75) is 6.92 Å². The van der Waals surface area contributed by atoms with Crippen molar-refractivity contribution in [1.82, 2.24) is 19.6 Å². The van der Waals surface area contributed by atoms with Gasteiger partial charge in [0.05, 0.1) is 12.2 Å². The van der Waals surface area contributed by atoms with E-state index in [9.17, 15) is 14.0 Å². The number of esters is 1. The number of aromatic nitrogens is 4. The molecule has 0 bridgehead atoms. The number of nitrogens with zero attached hydrogens (tertiary/aromatic N) is 3. The Bertz CT molecular complexity index is 1210. The van der Waals surface area contributed by atoms with E-state index < -0.39 is 11.5 Å². The molecule has 0 aliphatic heterocycles. The zero-order valence-electron chi connectivity index (χ0n) is 14.8. The molecule has 0 saturated heterocycles. The van der Waals surface area contributed by atoms with Crippen LogP contribution in [0.3, 0.4) is 0 Å². The summed E-state index contributed by atoms with van der Waals surface area (Å²) in [7, 11) is 0. The highest BCUT2D eigenvalue weighted by Crippen LogP contribution is 2.33. The molecular formula is C20H15FN4O3. The van der Waals surface area contributed by atoms with Crippen LogP contribution in [0.1, 0.15) is 17.3 Å². The molecule has 3 heterocycles. The summed E-state index contributed by atoms with van der Waals surface area (Å²) in [5, 5.41) is 4.41. The fraction of sp³-hybridized carbons (Fsp3) is 0.100. The van der Waals surface area contributed by atoms with E-state index in [1.807, 2.05) is 0 Å².